The first kappa shape index (κ1) is 17.7. The number of H-pyrrole nitrogens is 1. The summed E-state index contributed by atoms with van der Waals surface area (Å²) in [5.74, 6) is 0.740. The number of amides is 1. The lowest BCUT2D eigenvalue weighted by Crippen LogP contribution is -2.29. The van der Waals surface area contributed by atoms with Gasteiger partial charge in [-0.05, 0) is 43.3 Å². The Hall–Kier alpha value is -2.71. The lowest BCUT2D eigenvalue weighted by Gasteiger charge is -2.18. The molecule has 0 spiro atoms. The molecule has 1 aliphatic heterocycles. The number of carbonyl (C=O) groups is 1. The molecule has 3 aromatic rings. The summed E-state index contributed by atoms with van der Waals surface area (Å²) in [5.41, 5.74) is 3.50. The highest BCUT2D eigenvalue weighted by Crippen LogP contribution is 2.31. The molecule has 7 nitrogen and oxygen atoms in total. The first-order valence-electron chi connectivity index (χ1n) is 8.78. The standard InChI is InChI=1S/C19H20N4O3S/c1-20-27(25,26)14-7-6-13-10-11-23(17(13)12-14)19(24)9-8-18-21-15-4-2-3-5-16(15)22-18/h2-7,12,20H,8-11H2,1H3,(H,21,22). The molecule has 0 fully saturated rings. The molecule has 0 atom stereocenters. The van der Waals surface area contributed by atoms with E-state index in [1.165, 1.54) is 7.05 Å². The quantitative estimate of drug-likeness (QED) is 0.703. The molecule has 0 bridgehead atoms. The van der Waals surface area contributed by atoms with Gasteiger partial charge in [-0.3, -0.25) is 4.79 Å². The van der Waals surface area contributed by atoms with E-state index in [2.05, 4.69) is 14.7 Å². The average molecular weight is 384 g/mol. The van der Waals surface area contributed by atoms with Crippen LogP contribution in [0, 0.1) is 0 Å². The Balaban J connectivity index is 1.51. The summed E-state index contributed by atoms with van der Waals surface area (Å²) >= 11 is 0. The molecular formula is C19H20N4O3S. The molecule has 2 aromatic carbocycles. The van der Waals surface area contributed by atoms with Gasteiger partial charge in [0.05, 0.1) is 15.9 Å². The number of sulfonamides is 1. The van der Waals surface area contributed by atoms with Crippen LogP contribution in [-0.2, 0) is 27.7 Å². The van der Waals surface area contributed by atoms with Crippen molar-refractivity contribution in [2.45, 2.75) is 24.2 Å². The van der Waals surface area contributed by atoms with Gasteiger partial charge in [-0.1, -0.05) is 18.2 Å². The number of hydrogen-bond acceptors (Lipinski definition) is 4. The third kappa shape index (κ3) is 3.33. The van der Waals surface area contributed by atoms with Crippen molar-refractivity contribution >= 4 is 32.7 Å². The number of aryl methyl sites for hydroxylation is 1. The van der Waals surface area contributed by atoms with Gasteiger partial charge in [-0.15, -0.1) is 0 Å². The predicted molar refractivity (Wildman–Crippen MR) is 103 cm³/mol. The summed E-state index contributed by atoms with van der Waals surface area (Å²) in [6.07, 6.45) is 1.54. The highest BCUT2D eigenvalue weighted by atomic mass is 32.2. The van der Waals surface area contributed by atoms with Crippen LogP contribution < -0.4 is 9.62 Å². The fraction of sp³-hybridized carbons (Fsp3) is 0.263. The van der Waals surface area contributed by atoms with Crippen LogP contribution in [0.4, 0.5) is 5.69 Å². The van der Waals surface area contributed by atoms with E-state index in [1.54, 1.807) is 23.1 Å². The van der Waals surface area contributed by atoms with E-state index in [9.17, 15) is 13.2 Å². The third-order valence-corrected chi connectivity index (χ3v) is 6.26. The van der Waals surface area contributed by atoms with E-state index >= 15 is 0 Å². The third-order valence-electron chi connectivity index (χ3n) is 4.85. The lowest BCUT2D eigenvalue weighted by molar-refractivity contribution is -0.118. The maximum Gasteiger partial charge on any atom is 0.240 e. The van der Waals surface area contributed by atoms with Crippen molar-refractivity contribution < 1.29 is 13.2 Å². The summed E-state index contributed by atoms with van der Waals surface area (Å²) < 4.78 is 26.4. The van der Waals surface area contributed by atoms with Crippen LogP contribution in [0.5, 0.6) is 0 Å². The number of nitrogens with one attached hydrogen (secondary N) is 2. The normalized spacial score (nSPS) is 13.9. The Morgan fingerprint density at radius 2 is 2.07 bits per heavy atom. The minimum absolute atomic E-state index is 0.0341. The topological polar surface area (TPSA) is 95.2 Å². The van der Waals surface area contributed by atoms with Crippen molar-refractivity contribution in [3.63, 3.8) is 0 Å². The zero-order valence-electron chi connectivity index (χ0n) is 14.9. The predicted octanol–water partition coefficient (Wildman–Crippen LogP) is 1.99. The summed E-state index contributed by atoms with van der Waals surface area (Å²) in [6, 6.07) is 12.7. The van der Waals surface area contributed by atoms with Crippen molar-refractivity contribution in [1.82, 2.24) is 14.7 Å². The highest BCUT2D eigenvalue weighted by molar-refractivity contribution is 7.89. The molecule has 4 rings (SSSR count). The van der Waals surface area contributed by atoms with Crippen LogP contribution in [0.15, 0.2) is 47.4 Å². The number of rotatable bonds is 5. The van der Waals surface area contributed by atoms with Crippen molar-refractivity contribution in [2.75, 3.05) is 18.5 Å². The number of imidazole rings is 1. The van der Waals surface area contributed by atoms with E-state index in [1.807, 2.05) is 24.3 Å². The minimum Gasteiger partial charge on any atom is -0.342 e. The number of hydrogen-bond donors (Lipinski definition) is 2. The molecule has 0 radical (unpaired) electrons. The second kappa shape index (κ2) is 6.79. The largest absolute Gasteiger partial charge is 0.342 e. The first-order valence-corrected chi connectivity index (χ1v) is 10.3. The Kier molecular flexibility index (Phi) is 4.45. The molecule has 0 saturated carbocycles. The minimum atomic E-state index is -3.54. The Labute approximate surface area is 157 Å². The fourth-order valence-electron chi connectivity index (χ4n) is 3.39. The van der Waals surface area contributed by atoms with E-state index < -0.39 is 10.0 Å². The van der Waals surface area contributed by atoms with Gasteiger partial charge in [0.1, 0.15) is 5.82 Å². The van der Waals surface area contributed by atoms with E-state index in [0.29, 0.717) is 25.1 Å². The zero-order valence-corrected chi connectivity index (χ0v) is 15.7. The van der Waals surface area contributed by atoms with Crippen molar-refractivity contribution in [3.8, 4) is 0 Å². The van der Waals surface area contributed by atoms with Gasteiger partial charge in [-0.2, -0.15) is 0 Å². The number of carbonyl (C=O) groups excluding carboxylic acids is 1. The number of benzene rings is 2. The molecule has 2 heterocycles. The van der Waals surface area contributed by atoms with Crippen LogP contribution in [0.25, 0.3) is 11.0 Å². The first-order chi connectivity index (χ1) is 13.0. The molecule has 27 heavy (non-hydrogen) atoms. The number of nitrogens with zero attached hydrogens (tertiary/aromatic N) is 2. The van der Waals surface area contributed by atoms with E-state index in [-0.39, 0.29) is 10.8 Å². The van der Waals surface area contributed by atoms with Crippen LogP contribution in [-0.4, -0.2) is 37.9 Å². The van der Waals surface area contributed by atoms with Gasteiger partial charge in [0.2, 0.25) is 15.9 Å². The molecule has 0 aliphatic carbocycles. The summed E-state index contributed by atoms with van der Waals surface area (Å²) in [5, 5.41) is 0. The maximum absolute atomic E-state index is 12.7. The summed E-state index contributed by atoms with van der Waals surface area (Å²) in [6.45, 7) is 0.567. The molecular weight excluding hydrogens is 364 g/mol. The Morgan fingerprint density at radius 3 is 2.85 bits per heavy atom. The lowest BCUT2D eigenvalue weighted by atomic mass is 10.2. The Morgan fingerprint density at radius 1 is 1.26 bits per heavy atom. The SMILES string of the molecule is CNS(=O)(=O)c1ccc2c(c1)N(C(=O)CCc1nc3ccccc3[nH]1)CC2. The summed E-state index contributed by atoms with van der Waals surface area (Å²) in [4.78, 5) is 22.3. The molecule has 1 aliphatic rings. The number of fused-ring (bicyclic) bond motifs is 2. The van der Waals surface area contributed by atoms with Crippen LogP contribution in [0.3, 0.4) is 0 Å². The number of para-hydroxylation sites is 2. The van der Waals surface area contributed by atoms with Crippen molar-refractivity contribution in [1.29, 1.82) is 0 Å². The van der Waals surface area contributed by atoms with Crippen molar-refractivity contribution in [2.24, 2.45) is 0 Å². The molecule has 140 valence electrons. The number of aromatic nitrogens is 2. The van der Waals surface area contributed by atoms with Gasteiger partial charge < -0.3 is 9.88 Å². The van der Waals surface area contributed by atoms with Crippen LogP contribution in [0.2, 0.25) is 0 Å². The molecule has 1 aromatic heterocycles. The van der Waals surface area contributed by atoms with Crippen molar-refractivity contribution in [3.05, 3.63) is 53.9 Å². The molecule has 0 saturated heterocycles. The monoisotopic (exact) mass is 384 g/mol. The highest BCUT2D eigenvalue weighted by Gasteiger charge is 2.26. The zero-order chi connectivity index (χ0) is 19.0. The molecule has 0 unspecified atom stereocenters. The van der Waals surface area contributed by atoms with Gasteiger partial charge in [-0.25, -0.2) is 18.1 Å². The summed E-state index contributed by atoms with van der Waals surface area (Å²) in [7, 11) is -2.17. The number of anilines is 1. The fourth-order valence-corrected chi connectivity index (χ4v) is 4.14. The van der Waals surface area contributed by atoms with E-state index in [0.717, 1.165) is 28.8 Å². The van der Waals surface area contributed by atoms with E-state index in [4.69, 9.17) is 0 Å². The van der Waals surface area contributed by atoms with Gasteiger partial charge in [0, 0.05) is 25.1 Å². The smallest absolute Gasteiger partial charge is 0.240 e. The van der Waals surface area contributed by atoms with Gasteiger partial charge >= 0.3 is 0 Å². The van der Waals surface area contributed by atoms with Crippen LogP contribution in [0.1, 0.15) is 17.8 Å². The number of aromatic amines is 1. The second-order valence-electron chi connectivity index (χ2n) is 6.49. The molecule has 1 amide bonds. The molecule has 2 N–H and O–H groups in total. The average Bonchev–Trinajstić information content (AvgIpc) is 3.29. The Bertz CT molecular complexity index is 1090. The van der Waals surface area contributed by atoms with Crippen LogP contribution >= 0.6 is 0 Å². The molecule has 8 heteroatoms. The van der Waals surface area contributed by atoms with Gasteiger partial charge in [0.25, 0.3) is 0 Å². The second-order valence-corrected chi connectivity index (χ2v) is 8.38. The van der Waals surface area contributed by atoms with Gasteiger partial charge in [0.15, 0.2) is 0 Å². The maximum atomic E-state index is 12.7.